The summed E-state index contributed by atoms with van der Waals surface area (Å²) in [6, 6.07) is 0.611. The second kappa shape index (κ2) is 7.31. The lowest BCUT2D eigenvalue weighted by Crippen LogP contribution is -2.50. The van der Waals surface area contributed by atoms with Crippen LogP contribution < -0.4 is 5.73 Å². The van der Waals surface area contributed by atoms with E-state index in [-0.39, 0.29) is 5.41 Å². The molecule has 3 fully saturated rings. The summed E-state index contributed by atoms with van der Waals surface area (Å²) in [5, 5.41) is 0. The number of hydrogen-bond donors (Lipinski definition) is 1. The van der Waals surface area contributed by atoms with E-state index in [2.05, 4.69) is 9.80 Å². The Morgan fingerprint density at radius 2 is 1.73 bits per heavy atom. The van der Waals surface area contributed by atoms with Gasteiger partial charge < -0.3 is 10.6 Å². The van der Waals surface area contributed by atoms with Crippen molar-refractivity contribution in [2.75, 3.05) is 32.7 Å². The SMILES string of the molecule is NCC1(CC(=O)N2CCCC(N3CCCC3)C2)CCCCC1. The summed E-state index contributed by atoms with van der Waals surface area (Å²) in [7, 11) is 0. The molecule has 126 valence electrons. The number of nitrogens with zero attached hydrogens (tertiary/aromatic N) is 2. The highest BCUT2D eigenvalue weighted by Gasteiger charge is 2.36. The molecule has 3 rings (SSSR count). The highest BCUT2D eigenvalue weighted by atomic mass is 16.2. The first kappa shape index (κ1) is 16.3. The fourth-order valence-corrected chi connectivity index (χ4v) is 4.77. The van der Waals surface area contributed by atoms with E-state index < -0.39 is 0 Å². The van der Waals surface area contributed by atoms with Crippen LogP contribution in [0.25, 0.3) is 0 Å². The normalized spacial score (nSPS) is 29.7. The van der Waals surface area contributed by atoms with E-state index in [0.717, 1.165) is 25.9 Å². The van der Waals surface area contributed by atoms with Gasteiger partial charge in [0.25, 0.3) is 0 Å². The highest BCUT2D eigenvalue weighted by molar-refractivity contribution is 5.77. The van der Waals surface area contributed by atoms with Crippen LogP contribution in [0.2, 0.25) is 0 Å². The third-order valence-electron chi connectivity index (χ3n) is 6.28. The molecule has 1 atom stereocenters. The molecule has 4 nitrogen and oxygen atoms in total. The lowest BCUT2D eigenvalue weighted by Gasteiger charge is -2.41. The molecule has 0 aromatic rings. The number of nitrogens with two attached hydrogens (primary N) is 1. The largest absolute Gasteiger partial charge is 0.341 e. The van der Waals surface area contributed by atoms with Crippen LogP contribution in [-0.2, 0) is 4.79 Å². The van der Waals surface area contributed by atoms with Crippen LogP contribution in [0.4, 0.5) is 0 Å². The van der Waals surface area contributed by atoms with E-state index in [1.807, 2.05) is 0 Å². The van der Waals surface area contributed by atoms with Crippen molar-refractivity contribution < 1.29 is 4.79 Å². The molecule has 0 bridgehead atoms. The van der Waals surface area contributed by atoms with Crippen LogP contribution in [0.15, 0.2) is 0 Å². The summed E-state index contributed by atoms with van der Waals surface area (Å²) < 4.78 is 0. The Morgan fingerprint density at radius 1 is 1.00 bits per heavy atom. The van der Waals surface area contributed by atoms with Crippen molar-refractivity contribution in [3.8, 4) is 0 Å². The predicted octanol–water partition coefficient (Wildman–Crippen LogP) is 2.37. The summed E-state index contributed by atoms with van der Waals surface area (Å²) in [6.07, 6.45) is 11.9. The van der Waals surface area contributed by atoms with Crippen molar-refractivity contribution in [3.05, 3.63) is 0 Å². The van der Waals surface area contributed by atoms with Crippen LogP contribution in [0.5, 0.6) is 0 Å². The van der Waals surface area contributed by atoms with E-state index in [0.29, 0.717) is 24.9 Å². The van der Waals surface area contributed by atoms with Crippen LogP contribution in [0.3, 0.4) is 0 Å². The van der Waals surface area contributed by atoms with Crippen molar-refractivity contribution in [2.45, 2.75) is 70.3 Å². The first-order valence-corrected chi connectivity index (χ1v) is 9.44. The van der Waals surface area contributed by atoms with Gasteiger partial charge in [-0.25, -0.2) is 0 Å². The molecule has 2 N–H and O–H groups in total. The maximum atomic E-state index is 12.8. The van der Waals surface area contributed by atoms with Crippen molar-refractivity contribution in [3.63, 3.8) is 0 Å². The number of carbonyl (C=O) groups is 1. The van der Waals surface area contributed by atoms with Crippen LogP contribution in [-0.4, -0.2) is 54.5 Å². The standard InChI is InChI=1S/C18H33N3O/c19-15-18(8-2-1-3-9-18)13-17(22)21-12-6-7-16(14-21)20-10-4-5-11-20/h16H,1-15,19H2. The van der Waals surface area contributed by atoms with Gasteiger partial charge in [-0.05, 0) is 63.6 Å². The fraction of sp³-hybridized carbons (Fsp3) is 0.944. The molecular weight excluding hydrogens is 274 g/mol. The predicted molar refractivity (Wildman–Crippen MR) is 89.6 cm³/mol. The minimum absolute atomic E-state index is 0.107. The van der Waals surface area contributed by atoms with Crippen LogP contribution >= 0.6 is 0 Å². The monoisotopic (exact) mass is 307 g/mol. The van der Waals surface area contributed by atoms with Crippen molar-refractivity contribution in [1.82, 2.24) is 9.80 Å². The molecule has 1 aliphatic carbocycles. The number of rotatable bonds is 4. The van der Waals surface area contributed by atoms with Gasteiger partial charge in [0.05, 0.1) is 0 Å². The maximum Gasteiger partial charge on any atom is 0.223 e. The Kier molecular flexibility index (Phi) is 5.40. The number of amides is 1. The molecule has 3 aliphatic rings. The molecule has 0 aromatic heterocycles. The van der Waals surface area contributed by atoms with E-state index >= 15 is 0 Å². The van der Waals surface area contributed by atoms with Gasteiger partial charge in [0.1, 0.15) is 0 Å². The lowest BCUT2D eigenvalue weighted by atomic mass is 9.71. The average Bonchev–Trinajstić information content (AvgIpc) is 3.10. The number of piperidine rings is 1. The second-order valence-electron chi connectivity index (χ2n) is 7.82. The molecule has 1 saturated carbocycles. The summed E-state index contributed by atoms with van der Waals surface area (Å²) in [5.74, 6) is 0.372. The summed E-state index contributed by atoms with van der Waals surface area (Å²) >= 11 is 0. The van der Waals surface area contributed by atoms with Gasteiger partial charge in [0.15, 0.2) is 0 Å². The highest BCUT2D eigenvalue weighted by Crippen LogP contribution is 2.39. The molecule has 2 heterocycles. The minimum Gasteiger partial charge on any atom is -0.341 e. The molecule has 2 saturated heterocycles. The summed E-state index contributed by atoms with van der Waals surface area (Å²) in [4.78, 5) is 17.6. The number of carbonyl (C=O) groups excluding carboxylic acids is 1. The zero-order valence-electron chi connectivity index (χ0n) is 14.1. The van der Waals surface area contributed by atoms with Crippen molar-refractivity contribution in [1.29, 1.82) is 0 Å². The third kappa shape index (κ3) is 3.65. The molecule has 0 aromatic carbocycles. The molecule has 2 aliphatic heterocycles. The Labute approximate surface area is 135 Å². The van der Waals surface area contributed by atoms with Crippen molar-refractivity contribution in [2.24, 2.45) is 11.1 Å². The molecule has 0 radical (unpaired) electrons. The van der Waals surface area contributed by atoms with Gasteiger partial charge in [0, 0.05) is 25.6 Å². The van der Waals surface area contributed by atoms with Gasteiger partial charge in [-0.3, -0.25) is 9.69 Å². The molecule has 0 spiro atoms. The number of likely N-dealkylation sites (tertiary alicyclic amines) is 2. The summed E-state index contributed by atoms with van der Waals surface area (Å²) in [5.41, 5.74) is 6.17. The Hall–Kier alpha value is -0.610. The maximum absolute atomic E-state index is 12.8. The molecular formula is C18H33N3O. The average molecular weight is 307 g/mol. The Morgan fingerprint density at radius 3 is 2.41 bits per heavy atom. The fourth-order valence-electron chi connectivity index (χ4n) is 4.77. The zero-order valence-corrected chi connectivity index (χ0v) is 14.1. The van der Waals surface area contributed by atoms with Gasteiger partial charge >= 0.3 is 0 Å². The third-order valence-corrected chi connectivity index (χ3v) is 6.28. The molecule has 4 heteroatoms. The quantitative estimate of drug-likeness (QED) is 0.867. The van der Waals surface area contributed by atoms with Gasteiger partial charge in [-0.1, -0.05) is 19.3 Å². The Bertz CT molecular complexity index is 373. The minimum atomic E-state index is 0.107. The van der Waals surface area contributed by atoms with Gasteiger partial charge in [0.2, 0.25) is 5.91 Å². The molecule has 1 amide bonds. The van der Waals surface area contributed by atoms with Crippen LogP contribution in [0, 0.1) is 5.41 Å². The van der Waals surface area contributed by atoms with E-state index in [1.165, 1.54) is 58.0 Å². The zero-order chi connectivity index (χ0) is 15.4. The van der Waals surface area contributed by atoms with Crippen molar-refractivity contribution >= 4 is 5.91 Å². The molecule has 1 unspecified atom stereocenters. The summed E-state index contributed by atoms with van der Waals surface area (Å²) in [6.45, 7) is 5.07. The lowest BCUT2D eigenvalue weighted by molar-refractivity contribution is -0.136. The first-order chi connectivity index (χ1) is 10.7. The van der Waals surface area contributed by atoms with E-state index in [4.69, 9.17) is 5.73 Å². The van der Waals surface area contributed by atoms with E-state index in [9.17, 15) is 4.79 Å². The molecule has 22 heavy (non-hydrogen) atoms. The van der Waals surface area contributed by atoms with E-state index in [1.54, 1.807) is 0 Å². The van der Waals surface area contributed by atoms with Crippen LogP contribution in [0.1, 0.15) is 64.2 Å². The first-order valence-electron chi connectivity index (χ1n) is 9.44. The topological polar surface area (TPSA) is 49.6 Å². The second-order valence-corrected chi connectivity index (χ2v) is 7.82. The van der Waals surface area contributed by atoms with Gasteiger partial charge in [-0.15, -0.1) is 0 Å². The van der Waals surface area contributed by atoms with Gasteiger partial charge in [-0.2, -0.15) is 0 Å². The smallest absolute Gasteiger partial charge is 0.223 e. The Balaban J connectivity index is 1.56. The number of hydrogen-bond acceptors (Lipinski definition) is 3.